The van der Waals surface area contributed by atoms with Crippen LogP contribution in [0, 0.1) is 0 Å². The minimum absolute atomic E-state index is 0.165. The SMILES string of the molecule is COc1ccc(/C=C/C(=O)/C=C/c2ccc(C(C)(c3ccc(OC(F)=C(F)F)cc3)c3ccc(OC(F)=C(F)F)cc3)cc2)cc1. The lowest BCUT2D eigenvalue weighted by atomic mass is 9.71. The van der Waals surface area contributed by atoms with Gasteiger partial charge in [-0.15, -0.1) is 0 Å². The Kier molecular flexibility index (Phi) is 10.9. The fourth-order valence-electron chi connectivity index (χ4n) is 4.55. The molecule has 0 amide bonds. The number of methoxy groups -OCH3 is 1. The molecule has 0 spiro atoms. The van der Waals surface area contributed by atoms with Crippen LogP contribution < -0.4 is 14.2 Å². The number of hydrogen-bond acceptors (Lipinski definition) is 4. The Morgan fingerprint density at radius 3 is 1.22 bits per heavy atom. The molecule has 0 unspecified atom stereocenters. The van der Waals surface area contributed by atoms with E-state index in [1.807, 2.05) is 31.2 Å². The Morgan fingerprint density at radius 2 is 0.870 bits per heavy atom. The lowest BCUT2D eigenvalue weighted by molar-refractivity contribution is -0.110. The Bertz CT molecular complexity index is 1700. The van der Waals surface area contributed by atoms with E-state index in [0.717, 1.165) is 16.7 Å². The monoisotopic (exact) mass is 636 g/mol. The third-order valence-electron chi connectivity index (χ3n) is 7.06. The van der Waals surface area contributed by atoms with Crippen molar-refractivity contribution in [2.45, 2.75) is 12.3 Å². The van der Waals surface area contributed by atoms with Crippen LogP contribution in [0.1, 0.15) is 34.7 Å². The summed E-state index contributed by atoms with van der Waals surface area (Å²) in [6.07, 6.45) is 1.01. The van der Waals surface area contributed by atoms with Gasteiger partial charge < -0.3 is 14.2 Å². The zero-order chi connectivity index (χ0) is 33.3. The summed E-state index contributed by atoms with van der Waals surface area (Å²) in [6, 6.07) is 21.9. The molecule has 0 heterocycles. The molecule has 4 aromatic rings. The van der Waals surface area contributed by atoms with Gasteiger partial charge in [-0.25, -0.2) is 0 Å². The highest BCUT2D eigenvalue weighted by molar-refractivity contribution is 6.04. The van der Waals surface area contributed by atoms with Crippen molar-refractivity contribution < 1.29 is 45.3 Å². The van der Waals surface area contributed by atoms with Crippen molar-refractivity contribution in [3.8, 4) is 17.2 Å². The number of carbonyl (C=O) groups excluding carboxylic acids is 1. The van der Waals surface area contributed by atoms with Gasteiger partial charge in [0.05, 0.1) is 7.11 Å². The van der Waals surface area contributed by atoms with Crippen LogP contribution in [0.15, 0.2) is 133 Å². The van der Waals surface area contributed by atoms with Gasteiger partial charge in [0.2, 0.25) is 0 Å². The first kappa shape index (κ1) is 33.4. The van der Waals surface area contributed by atoms with E-state index >= 15 is 0 Å². The first-order valence-corrected chi connectivity index (χ1v) is 13.6. The molecular formula is C36H26F6O4. The van der Waals surface area contributed by atoms with Crippen LogP contribution in [0.4, 0.5) is 26.3 Å². The predicted octanol–water partition coefficient (Wildman–Crippen LogP) is 10.2. The number of halogens is 6. The van der Waals surface area contributed by atoms with Crippen molar-refractivity contribution in [2.24, 2.45) is 0 Å². The summed E-state index contributed by atoms with van der Waals surface area (Å²) in [4.78, 5) is 12.4. The van der Waals surface area contributed by atoms with E-state index in [0.29, 0.717) is 16.9 Å². The average molecular weight is 637 g/mol. The summed E-state index contributed by atoms with van der Waals surface area (Å²) in [5.74, 6) is 0.145. The Hall–Kier alpha value is -5.51. The van der Waals surface area contributed by atoms with Crippen molar-refractivity contribution in [3.05, 3.63) is 161 Å². The molecule has 46 heavy (non-hydrogen) atoms. The normalized spacial score (nSPS) is 11.4. The molecule has 4 nitrogen and oxygen atoms in total. The smallest absolute Gasteiger partial charge is 0.344 e. The van der Waals surface area contributed by atoms with Crippen molar-refractivity contribution in [2.75, 3.05) is 7.11 Å². The standard InChI is InChI=1S/C36H26F6O4/c1-36(26-11-19-30(20-12-26)45-34(41)32(37)38,27-13-21-31(22-14-27)46-35(42)33(39)40)25-9-3-23(4-10-25)5-15-28(43)16-6-24-7-17-29(44-2)18-8-24/h3-22H,1-2H3/b15-5+,16-6+. The molecule has 0 N–H and O–H groups in total. The minimum atomic E-state index is -2.60. The first-order valence-electron chi connectivity index (χ1n) is 13.6. The Labute approximate surface area is 261 Å². The summed E-state index contributed by atoms with van der Waals surface area (Å²) in [7, 11) is 1.57. The van der Waals surface area contributed by atoms with Crippen LogP contribution >= 0.6 is 0 Å². The summed E-state index contributed by atoms with van der Waals surface area (Å²) < 4.78 is 90.9. The van der Waals surface area contributed by atoms with E-state index < -0.39 is 29.6 Å². The highest BCUT2D eigenvalue weighted by Gasteiger charge is 2.31. The molecule has 0 aliphatic carbocycles. The fourth-order valence-corrected chi connectivity index (χ4v) is 4.55. The number of rotatable bonds is 12. The van der Waals surface area contributed by atoms with Gasteiger partial charge in [-0.3, -0.25) is 4.79 Å². The molecule has 0 radical (unpaired) electrons. The molecule has 0 aliphatic heterocycles. The van der Waals surface area contributed by atoms with Crippen LogP contribution in [-0.4, -0.2) is 12.9 Å². The number of allylic oxidation sites excluding steroid dienone is 2. The van der Waals surface area contributed by atoms with Gasteiger partial charge in [-0.05, 0) is 83.3 Å². The second-order valence-corrected chi connectivity index (χ2v) is 9.91. The number of ketones is 1. The van der Waals surface area contributed by atoms with Gasteiger partial charge in [0.15, 0.2) is 5.78 Å². The maximum atomic E-state index is 13.3. The summed E-state index contributed by atoms with van der Waals surface area (Å²) in [5, 5.41) is 0. The maximum absolute atomic E-state index is 13.3. The third-order valence-corrected chi connectivity index (χ3v) is 7.06. The van der Waals surface area contributed by atoms with Gasteiger partial charge >= 0.3 is 24.2 Å². The average Bonchev–Trinajstić information content (AvgIpc) is 3.07. The molecule has 4 aromatic carbocycles. The lowest BCUT2D eigenvalue weighted by Crippen LogP contribution is -2.25. The highest BCUT2D eigenvalue weighted by atomic mass is 19.3. The van der Waals surface area contributed by atoms with Crippen molar-refractivity contribution in [1.29, 1.82) is 0 Å². The molecule has 0 aromatic heterocycles. The van der Waals surface area contributed by atoms with Crippen LogP contribution in [0.5, 0.6) is 17.2 Å². The topological polar surface area (TPSA) is 44.8 Å². The summed E-state index contributed by atoms with van der Waals surface area (Å²) >= 11 is 0. The second-order valence-electron chi connectivity index (χ2n) is 9.91. The van der Waals surface area contributed by atoms with E-state index in [9.17, 15) is 31.1 Å². The second kappa shape index (κ2) is 15.0. The number of benzene rings is 4. The molecule has 4 rings (SSSR count). The molecule has 0 fully saturated rings. The van der Waals surface area contributed by atoms with Gasteiger partial charge in [-0.1, -0.05) is 72.8 Å². The van der Waals surface area contributed by atoms with Crippen molar-refractivity contribution >= 4 is 17.9 Å². The Balaban J connectivity index is 1.61. The highest BCUT2D eigenvalue weighted by Crippen LogP contribution is 2.40. The van der Waals surface area contributed by atoms with Crippen molar-refractivity contribution in [1.82, 2.24) is 0 Å². The van der Waals surface area contributed by atoms with Crippen LogP contribution in [-0.2, 0) is 10.2 Å². The summed E-state index contributed by atoms with van der Waals surface area (Å²) in [6.45, 7) is 1.85. The van der Waals surface area contributed by atoms with E-state index in [4.69, 9.17) is 4.74 Å². The largest absolute Gasteiger partial charge is 0.497 e. The minimum Gasteiger partial charge on any atom is -0.497 e. The molecule has 10 heteroatoms. The first-order chi connectivity index (χ1) is 22.0. The van der Waals surface area contributed by atoms with E-state index in [1.165, 1.54) is 36.4 Å². The quantitative estimate of drug-likeness (QED) is 0.0672. The van der Waals surface area contributed by atoms with Crippen LogP contribution in [0.25, 0.3) is 12.2 Å². The molecule has 0 atom stereocenters. The molecule has 236 valence electrons. The number of hydrogen-bond donors (Lipinski definition) is 0. The maximum Gasteiger partial charge on any atom is 0.344 e. The third kappa shape index (κ3) is 8.35. The van der Waals surface area contributed by atoms with E-state index in [2.05, 4.69) is 9.47 Å². The molecule has 0 aliphatic rings. The fraction of sp³-hybridized carbons (Fsp3) is 0.0833. The molecule has 0 bridgehead atoms. The van der Waals surface area contributed by atoms with Crippen LogP contribution in [0.2, 0.25) is 0 Å². The molecule has 0 saturated heterocycles. The summed E-state index contributed by atoms with van der Waals surface area (Å²) in [5.41, 5.74) is 2.59. The molecule has 0 saturated carbocycles. The van der Waals surface area contributed by atoms with Gasteiger partial charge in [0.1, 0.15) is 17.2 Å². The zero-order valence-electron chi connectivity index (χ0n) is 24.4. The van der Waals surface area contributed by atoms with Crippen molar-refractivity contribution in [3.63, 3.8) is 0 Å². The molecular weight excluding hydrogens is 610 g/mol. The lowest BCUT2D eigenvalue weighted by Gasteiger charge is -2.32. The van der Waals surface area contributed by atoms with Crippen LogP contribution in [0.3, 0.4) is 0 Å². The van der Waals surface area contributed by atoms with E-state index in [-0.39, 0.29) is 17.3 Å². The number of carbonyl (C=O) groups is 1. The zero-order valence-corrected chi connectivity index (χ0v) is 24.4. The van der Waals surface area contributed by atoms with E-state index in [1.54, 1.807) is 67.8 Å². The Morgan fingerprint density at radius 1 is 0.543 bits per heavy atom. The number of ether oxygens (including phenoxy) is 3. The predicted molar refractivity (Wildman–Crippen MR) is 163 cm³/mol. The van der Waals surface area contributed by atoms with Gasteiger partial charge in [0, 0.05) is 5.41 Å². The van der Waals surface area contributed by atoms with Gasteiger partial charge in [-0.2, -0.15) is 26.3 Å². The van der Waals surface area contributed by atoms with Gasteiger partial charge in [0.25, 0.3) is 0 Å².